The van der Waals surface area contributed by atoms with Gasteiger partial charge in [0.05, 0.1) is 0 Å². The molecule has 2 aliphatic rings. The summed E-state index contributed by atoms with van der Waals surface area (Å²) in [6.07, 6.45) is 2.55. The van der Waals surface area contributed by atoms with Gasteiger partial charge in [0.2, 0.25) is 0 Å². The summed E-state index contributed by atoms with van der Waals surface area (Å²) >= 11 is 1.89. The zero-order chi connectivity index (χ0) is 19.4. The van der Waals surface area contributed by atoms with Crippen molar-refractivity contribution in [1.29, 1.82) is 0 Å². The summed E-state index contributed by atoms with van der Waals surface area (Å²) in [7, 11) is 4.16. The molecule has 2 fully saturated rings. The second-order valence-electron chi connectivity index (χ2n) is 8.57. The number of halogens is 1. The van der Waals surface area contributed by atoms with Crippen LogP contribution >= 0.6 is 35.3 Å². The van der Waals surface area contributed by atoms with Crippen LogP contribution in [0.3, 0.4) is 0 Å². The van der Waals surface area contributed by atoms with Crippen molar-refractivity contribution in [2.24, 2.45) is 16.8 Å². The van der Waals surface area contributed by atoms with Gasteiger partial charge in [0, 0.05) is 49.7 Å². The molecule has 2 N–H and O–H groups in total. The van der Waals surface area contributed by atoms with Crippen LogP contribution < -0.4 is 10.6 Å². The van der Waals surface area contributed by atoms with Gasteiger partial charge in [0.15, 0.2) is 5.96 Å². The van der Waals surface area contributed by atoms with Gasteiger partial charge in [-0.15, -0.1) is 35.3 Å². The van der Waals surface area contributed by atoms with Crippen molar-refractivity contribution >= 4 is 41.3 Å². The predicted molar refractivity (Wildman–Crippen MR) is 132 cm³/mol. The number of nitrogens with zero attached hydrogens (tertiary/aromatic N) is 3. The van der Waals surface area contributed by atoms with E-state index in [0.717, 1.165) is 19.0 Å². The van der Waals surface area contributed by atoms with Crippen LogP contribution in [0.25, 0.3) is 0 Å². The fourth-order valence-corrected chi connectivity index (χ4v) is 5.58. The molecule has 3 heterocycles. The van der Waals surface area contributed by atoms with Crippen LogP contribution in [-0.4, -0.2) is 68.1 Å². The van der Waals surface area contributed by atoms with Crippen molar-refractivity contribution in [3.63, 3.8) is 0 Å². The number of hydrogen-bond donors (Lipinski definition) is 2. The van der Waals surface area contributed by atoms with Gasteiger partial charge in [-0.3, -0.25) is 14.8 Å². The first-order valence-electron chi connectivity index (χ1n) is 10.4. The number of nitrogens with one attached hydrogen (secondary N) is 2. The monoisotopic (exact) mass is 519 g/mol. The number of piperidine rings is 1. The van der Waals surface area contributed by atoms with Crippen molar-refractivity contribution in [3.05, 3.63) is 22.4 Å². The zero-order valence-corrected chi connectivity index (χ0v) is 21.2. The molecule has 5 nitrogen and oxygen atoms in total. The van der Waals surface area contributed by atoms with Gasteiger partial charge in [-0.25, -0.2) is 0 Å². The maximum atomic E-state index is 4.51. The van der Waals surface area contributed by atoms with E-state index in [-0.39, 0.29) is 24.0 Å². The third kappa shape index (κ3) is 5.83. The molecule has 4 unspecified atom stereocenters. The molecule has 0 aromatic carbocycles. The summed E-state index contributed by atoms with van der Waals surface area (Å²) in [6, 6.07) is 6.07. The second-order valence-corrected chi connectivity index (χ2v) is 9.55. The molecule has 7 heteroatoms. The number of likely N-dealkylation sites (tertiary alicyclic amines) is 2. The Morgan fingerprint density at radius 1 is 1.36 bits per heavy atom. The lowest BCUT2D eigenvalue weighted by Gasteiger charge is -2.39. The molecule has 1 aromatic rings. The van der Waals surface area contributed by atoms with Gasteiger partial charge in [0.25, 0.3) is 0 Å². The largest absolute Gasteiger partial charge is 0.356 e. The second kappa shape index (κ2) is 11.1. The standard InChI is InChI=1S/C21H37N5S.HI/c1-15(2)26-13-16(3)18(14-26)24-21(22-4)23-12-17-8-6-10-25(5)20(17)19-9-7-11-27-19;/h7,9,11,15-18,20H,6,8,10,12-14H2,1-5H3,(H2,22,23,24);1H. The maximum Gasteiger partial charge on any atom is 0.191 e. The van der Waals surface area contributed by atoms with Crippen LogP contribution in [0.5, 0.6) is 0 Å². The number of hydrogen-bond acceptors (Lipinski definition) is 4. The highest BCUT2D eigenvalue weighted by Gasteiger charge is 2.33. The number of rotatable bonds is 5. The zero-order valence-electron chi connectivity index (χ0n) is 18.0. The first-order valence-corrected chi connectivity index (χ1v) is 11.3. The Kier molecular flexibility index (Phi) is 9.50. The maximum absolute atomic E-state index is 4.51. The first-order chi connectivity index (χ1) is 13.0. The quantitative estimate of drug-likeness (QED) is 0.354. The number of thiophene rings is 1. The Balaban J connectivity index is 0.00000280. The van der Waals surface area contributed by atoms with E-state index >= 15 is 0 Å². The molecule has 0 saturated carbocycles. The van der Waals surface area contributed by atoms with Crippen molar-refractivity contribution in [3.8, 4) is 0 Å². The highest BCUT2D eigenvalue weighted by molar-refractivity contribution is 14.0. The molecule has 3 rings (SSSR count). The van der Waals surface area contributed by atoms with Crippen LogP contribution in [0, 0.1) is 11.8 Å². The Morgan fingerprint density at radius 2 is 2.14 bits per heavy atom. The molecule has 0 spiro atoms. The van der Waals surface area contributed by atoms with Crippen LogP contribution in [0.4, 0.5) is 0 Å². The fraction of sp³-hybridized carbons (Fsp3) is 0.762. The summed E-state index contributed by atoms with van der Waals surface area (Å²) in [5, 5.41) is 9.53. The smallest absolute Gasteiger partial charge is 0.191 e. The van der Waals surface area contributed by atoms with E-state index in [0.29, 0.717) is 30.0 Å². The van der Waals surface area contributed by atoms with Crippen molar-refractivity contribution in [1.82, 2.24) is 20.4 Å². The van der Waals surface area contributed by atoms with Gasteiger partial charge >= 0.3 is 0 Å². The minimum absolute atomic E-state index is 0. The van der Waals surface area contributed by atoms with Crippen LogP contribution in [0.1, 0.15) is 44.5 Å². The molecule has 0 aliphatic carbocycles. The summed E-state index contributed by atoms with van der Waals surface area (Å²) < 4.78 is 0. The van der Waals surface area contributed by atoms with Gasteiger partial charge in [0.1, 0.15) is 0 Å². The third-order valence-electron chi connectivity index (χ3n) is 6.29. The molecular formula is C21H38IN5S. The molecule has 0 bridgehead atoms. The van der Waals surface area contributed by atoms with E-state index in [9.17, 15) is 0 Å². The molecule has 28 heavy (non-hydrogen) atoms. The van der Waals surface area contributed by atoms with E-state index in [1.807, 2.05) is 18.4 Å². The summed E-state index contributed by atoms with van der Waals surface area (Å²) in [6.45, 7) is 11.3. The molecule has 0 radical (unpaired) electrons. The van der Waals surface area contributed by atoms with Crippen LogP contribution in [0.15, 0.2) is 22.5 Å². The molecule has 0 amide bonds. The number of aliphatic imine (C=N–C) groups is 1. The van der Waals surface area contributed by atoms with E-state index in [1.165, 1.54) is 30.8 Å². The van der Waals surface area contributed by atoms with E-state index < -0.39 is 0 Å². The van der Waals surface area contributed by atoms with Crippen LogP contribution in [-0.2, 0) is 0 Å². The number of guanidine groups is 1. The lowest BCUT2D eigenvalue weighted by atomic mass is 9.88. The molecule has 160 valence electrons. The average molecular weight is 520 g/mol. The molecule has 4 atom stereocenters. The Bertz CT molecular complexity index is 606. The highest BCUT2D eigenvalue weighted by Crippen LogP contribution is 2.36. The van der Waals surface area contributed by atoms with Crippen LogP contribution in [0.2, 0.25) is 0 Å². The Labute approximate surface area is 192 Å². The average Bonchev–Trinajstić information content (AvgIpc) is 3.28. The third-order valence-corrected chi connectivity index (χ3v) is 7.23. The van der Waals surface area contributed by atoms with Gasteiger partial charge < -0.3 is 10.6 Å². The van der Waals surface area contributed by atoms with Crippen molar-refractivity contribution in [2.75, 3.05) is 40.3 Å². The van der Waals surface area contributed by atoms with E-state index in [2.05, 4.69) is 70.8 Å². The first kappa shape index (κ1) is 23.9. The Hall–Kier alpha value is -0.380. The summed E-state index contributed by atoms with van der Waals surface area (Å²) in [4.78, 5) is 11.1. The molecular weight excluding hydrogens is 481 g/mol. The van der Waals surface area contributed by atoms with Crippen molar-refractivity contribution < 1.29 is 0 Å². The lowest BCUT2D eigenvalue weighted by Crippen LogP contribution is -2.49. The molecule has 2 saturated heterocycles. The predicted octanol–water partition coefficient (Wildman–Crippen LogP) is 3.64. The molecule has 1 aromatic heterocycles. The van der Waals surface area contributed by atoms with Gasteiger partial charge in [-0.05, 0) is 63.6 Å². The fourth-order valence-electron chi connectivity index (χ4n) is 4.59. The molecule has 2 aliphatic heterocycles. The summed E-state index contributed by atoms with van der Waals surface area (Å²) in [5.74, 6) is 2.22. The van der Waals surface area contributed by atoms with E-state index in [4.69, 9.17) is 0 Å². The van der Waals surface area contributed by atoms with E-state index in [1.54, 1.807) is 0 Å². The van der Waals surface area contributed by atoms with Gasteiger partial charge in [-0.2, -0.15) is 0 Å². The Morgan fingerprint density at radius 3 is 2.75 bits per heavy atom. The lowest BCUT2D eigenvalue weighted by molar-refractivity contribution is 0.125. The van der Waals surface area contributed by atoms with Gasteiger partial charge in [-0.1, -0.05) is 13.0 Å². The normalized spacial score (nSPS) is 29.7. The highest BCUT2D eigenvalue weighted by atomic mass is 127. The summed E-state index contributed by atoms with van der Waals surface area (Å²) in [5.41, 5.74) is 0. The SMILES string of the molecule is CN=C(NCC1CCCN(C)C1c1cccs1)NC1CN(C(C)C)CC1C.I. The minimum atomic E-state index is 0. The minimum Gasteiger partial charge on any atom is -0.356 e. The van der Waals surface area contributed by atoms with Crippen molar-refractivity contribution in [2.45, 2.75) is 51.7 Å². The topological polar surface area (TPSA) is 42.9 Å².